The van der Waals surface area contributed by atoms with Crippen molar-refractivity contribution in [3.63, 3.8) is 0 Å². The van der Waals surface area contributed by atoms with Gasteiger partial charge in [0.2, 0.25) is 0 Å². The summed E-state index contributed by atoms with van der Waals surface area (Å²) in [6.45, 7) is 0.865. The van der Waals surface area contributed by atoms with Crippen LogP contribution in [-0.2, 0) is 15.6 Å². The van der Waals surface area contributed by atoms with Crippen molar-refractivity contribution < 1.29 is 13.2 Å². The number of sulfone groups is 1. The summed E-state index contributed by atoms with van der Waals surface area (Å²) in [7, 11) is -1.60. The molecule has 1 aliphatic heterocycles. The Labute approximate surface area is 101 Å². The maximum atomic E-state index is 11.8. The Hall–Kier alpha value is -1.49. The molecule has 1 aliphatic rings. The molecule has 1 heterocycles. The van der Waals surface area contributed by atoms with Gasteiger partial charge >= 0.3 is 0 Å². The first kappa shape index (κ1) is 12.0. The first-order chi connectivity index (χ1) is 8.09. The van der Waals surface area contributed by atoms with Crippen molar-refractivity contribution in [1.29, 1.82) is 0 Å². The van der Waals surface area contributed by atoms with Crippen LogP contribution in [0.15, 0.2) is 35.4 Å². The molecule has 0 aliphatic carbocycles. The lowest BCUT2D eigenvalue weighted by Gasteiger charge is -2.19. The smallest absolute Gasteiger partial charge is 0.177 e. The summed E-state index contributed by atoms with van der Waals surface area (Å²) in [5.41, 5.74) is 1.57. The molecular formula is C12H15NO3S. The second-order valence-corrected chi connectivity index (χ2v) is 5.83. The van der Waals surface area contributed by atoms with Crippen LogP contribution in [0.25, 0.3) is 0 Å². The van der Waals surface area contributed by atoms with Crippen molar-refractivity contribution >= 4 is 9.84 Å². The summed E-state index contributed by atoms with van der Waals surface area (Å²) >= 11 is 0. The molecule has 1 N–H and O–H groups in total. The zero-order chi connectivity index (χ0) is 12.3. The lowest BCUT2D eigenvalue weighted by atomic mass is 10.2. The molecule has 17 heavy (non-hydrogen) atoms. The normalized spacial score (nSPS) is 17.4. The molecule has 0 amide bonds. The molecule has 92 valence electrons. The van der Waals surface area contributed by atoms with Crippen molar-refractivity contribution in [3.05, 3.63) is 40.9 Å². The maximum Gasteiger partial charge on any atom is 0.177 e. The van der Waals surface area contributed by atoms with Crippen molar-refractivity contribution in [2.45, 2.75) is 12.2 Å². The molecule has 0 aromatic heterocycles. The van der Waals surface area contributed by atoms with Gasteiger partial charge in [0.1, 0.15) is 5.75 Å². The lowest BCUT2D eigenvalue weighted by Crippen LogP contribution is -2.28. The van der Waals surface area contributed by atoms with E-state index in [-0.39, 0.29) is 5.75 Å². The second kappa shape index (κ2) is 4.79. The number of rotatable bonds is 4. The highest BCUT2D eigenvalue weighted by molar-refractivity contribution is 7.93. The number of nitrogens with one attached hydrogen (secondary N) is 1. The predicted molar refractivity (Wildman–Crippen MR) is 66.3 cm³/mol. The molecule has 1 aromatic rings. The van der Waals surface area contributed by atoms with Crippen molar-refractivity contribution in [2.75, 3.05) is 13.7 Å². The predicted octanol–water partition coefficient (Wildman–Crippen LogP) is 1.44. The summed E-state index contributed by atoms with van der Waals surface area (Å²) in [5, 5.41) is 4.30. The lowest BCUT2D eigenvalue weighted by molar-refractivity contribution is 0.414. The van der Waals surface area contributed by atoms with Crippen LogP contribution in [0, 0.1) is 0 Å². The summed E-state index contributed by atoms with van der Waals surface area (Å²) in [4.78, 5) is 0. The molecule has 0 spiro atoms. The summed E-state index contributed by atoms with van der Waals surface area (Å²) in [6.07, 6.45) is 0.821. The SMILES string of the molecule is COc1ccc(CS(=O)(=O)/C=C2\CCN2)cc1. The van der Waals surface area contributed by atoms with E-state index in [1.807, 2.05) is 0 Å². The Bertz CT molecular complexity index is 511. The van der Waals surface area contributed by atoms with E-state index < -0.39 is 9.84 Å². The molecule has 1 aromatic carbocycles. The van der Waals surface area contributed by atoms with Crippen molar-refractivity contribution in [1.82, 2.24) is 5.32 Å². The first-order valence-electron chi connectivity index (χ1n) is 5.39. The van der Waals surface area contributed by atoms with E-state index in [0.29, 0.717) is 0 Å². The van der Waals surface area contributed by atoms with Crippen LogP contribution in [-0.4, -0.2) is 22.1 Å². The fraction of sp³-hybridized carbons (Fsp3) is 0.333. The third kappa shape index (κ3) is 3.23. The fourth-order valence-corrected chi connectivity index (χ4v) is 2.96. The number of hydrogen-bond acceptors (Lipinski definition) is 4. The third-order valence-electron chi connectivity index (χ3n) is 2.60. The molecule has 4 nitrogen and oxygen atoms in total. The van der Waals surface area contributed by atoms with Crippen LogP contribution in [0.4, 0.5) is 0 Å². The Balaban J connectivity index is 2.08. The fourth-order valence-electron chi connectivity index (χ4n) is 1.58. The van der Waals surface area contributed by atoms with Crippen LogP contribution in [0.1, 0.15) is 12.0 Å². The zero-order valence-electron chi connectivity index (χ0n) is 9.64. The van der Waals surface area contributed by atoms with Gasteiger partial charge in [-0.15, -0.1) is 0 Å². The van der Waals surface area contributed by atoms with Gasteiger partial charge in [-0.05, 0) is 17.7 Å². The number of benzene rings is 1. The van der Waals surface area contributed by atoms with E-state index in [9.17, 15) is 8.42 Å². The van der Waals surface area contributed by atoms with Crippen molar-refractivity contribution in [2.24, 2.45) is 0 Å². The zero-order valence-corrected chi connectivity index (χ0v) is 10.5. The van der Waals surface area contributed by atoms with Crippen LogP contribution in [0.5, 0.6) is 5.75 Å². The standard InChI is InChI=1S/C12H15NO3S/c1-16-12-4-2-10(3-5-12)8-17(14,15)9-11-6-7-13-11/h2-5,9,13H,6-8H2,1H3/b11-9+. The van der Waals surface area contributed by atoms with Crippen LogP contribution >= 0.6 is 0 Å². The van der Waals surface area contributed by atoms with E-state index in [1.54, 1.807) is 31.4 Å². The Morgan fingerprint density at radius 2 is 2.00 bits per heavy atom. The average molecular weight is 253 g/mol. The van der Waals surface area contributed by atoms with Gasteiger partial charge in [-0.3, -0.25) is 0 Å². The minimum Gasteiger partial charge on any atom is -0.497 e. The Kier molecular flexibility index (Phi) is 3.38. The van der Waals surface area contributed by atoms with Gasteiger partial charge in [-0.25, -0.2) is 8.42 Å². The van der Waals surface area contributed by atoms with E-state index in [0.717, 1.165) is 30.0 Å². The highest BCUT2D eigenvalue weighted by Crippen LogP contribution is 2.16. The molecule has 0 atom stereocenters. The van der Waals surface area contributed by atoms with Gasteiger partial charge in [0.15, 0.2) is 9.84 Å². The largest absolute Gasteiger partial charge is 0.497 e. The van der Waals surface area contributed by atoms with Gasteiger partial charge in [0.05, 0.1) is 12.9 Å². The second-order valence-electron chi connectivity index (χ2n) is 3.98. The van der Waals surface area contributed by atoms with Gasteiger partial charge in [-0.1, -0.05) is 12.1 Å². The Morgan fingerprint density at radius 3 is 2.47 bits per heavy atom. The van der Waals surface area contributed by atoms with Crippen LogP contribution in [0.2, 0.25) is 0 Å². The van der Waals surface area contributed by atoms with Crippen molar-refractivity contribution in [3.8, 4) is 5.75 Å². The highest BCUT2D eigenvalue weighted by atomic mass is 32.2. The topological polar surface area (TPSA) is 55.4 Å². The van der Waals surface area contributed by atoms with Crippen LogP contribution < -0.4 is 10.1 Å². The monoisotopic (exact) mass is 253 g/mol. The molecule has 1 saturated heterocycles. The minimum absolute atomic E-state index is 0.0299. The average Bonchev–Trinajstić information content (AvgIpc) is 2.24. The maximum absolute atomic E-state index is 11.8. The highest BCUT2D eigenvalue weighted by Gasteiger charge is 2.14. The molecule has 0 bridgehead atoms. The van der Waals surface area contributed by atoms with Gasteiger partial charge in [0, 0.05) is 24.1 Å². The summed E-state index contributed by atoms with van der Waals surface area (Å²) in [5.74, 6) is 0.757. The first-order valence-corrected chi connectivity index (χ1v) is 7.11. The molecule has 2 rings (SSSR count). The van der Waals surface area contributed by atoms with Gasteiger partial charge in [-0.2, -0.15) is 0 Å². The van der Waals surface area contributed by atoms with Crippen LogP contribution in [0.3, 0.4) is 0 Å². The molecular weight excluding hydrogens is 238 g/mol. The summed E-state index contributed by atoms with van der Waals surface area (Å²) < 4.78 is 28.6. The molecule has 1 fully saturated rings. The minimum atomic E-state index is -3.18. The number of methoxy groups -OCH3 is 1. The third-order valence-corrected chi connectivity index (χ3v) is 3.97. The van der Waals surface area contributed by atoms with Gasteiger partial charge in [0.25, 0.3) is 0 Å². The molecule has 5 heteroatoms. The molecule has 0 saturated carbocycles. The molecule has 0 radical (unpaired) electrons. The summed E-state index contributed by atoms with van der Waals surface area (Å²) in [6, 6.07) is 7.06. The van der Waals surface area contributed by atoms with E-state index >= 15 is 0 Å². The Morgan fingerprint density at radius 1 is 1.35 bits per heavy atom. The number of hydrogen-bond donors (Lipinski definition) is 1. The van der Waals surface area contributed by atoms with E-state index in [4.69, 9.17) is 4.74 Å². The van der Waals surface area contributed by atoms with Gasteiger partial charge < -0.3 is 10.1 Å². The number of ether oxygens (including phenoxy) is 1. The van der Waals surface area contributed by atoms with E-state index in [2.05, 4.69) is 5.32 Å². The van der Waals surface area contributed by atoms with E-state index in [1.165, 1.54) is 5.41 Å². The molecule has 0 unspecified atom stereocenters. The quantitative estimate of drug-likeness (QED) is 0.882.